The SMILES string of the molecule is CCOS(=O)c1ccccc1N=C1C=C(C(C)(C)C)C=C(C(C)(C)C)C1=O. The first-order valence-corrected chi connectivity index (χ1v) is 10.2. The molecule has 0 amide bonds. The third-order valence-electron chi connectivity index (χ3n) is 4.25. The maximum Gasteiger partial charge on any atom is 0.207 e. The average molecular weight is 388 g/mol. The summed E-state index contributed by atoms with van der Waals surface area (Å²) in [5.41, 5.74) is 2.23. The number of aliphatic imine (C=N–C) groups is 1. The Labute approximate surface area is 165 Å². The fourth-order valence-electron chi connectivity index (χ4n) is 2.68. The molecule has 0 aromatic heterocycles. The molecule has 0 aliphatic heterocycles. The van der Waals surface area contributed by atoms with Gasteiger partial charge in [0, 0.05) is 5.57 Å². The summed E-state index contributed by atoms with van der Waals surface area (Å²) in [4.78, 5) is 18.2. The molecular formula is C22H29NO3S. The van der Waals surface area contributed by atoms with Gasteiger partial charge in [-0.1, -0.05) is 59.8 Å². The summed E-state index contributed by atoms with van der Waals surface area (Å²) in [5, 5.41) is 0. The number of nitrogens with zero attached hydrogens (tertiary/aromatic N) is 1. The maximum atomic E-state index is 13.1. The van der Waals surface area contributed by atoms with Gasteiger partial charge in [0.05, 0.1) is 17.2 Å². The van der Waals surface area contributed by atoms with Gasteiger partial charge >= 0.3 is 0 Å². The molecule has 1 atom stereocenters. The molecule has 1 aromatic rings. The van der Waals surface area contributed by atoms with Crippen molar-refractivity contribution in [3.8, 4) is 0 Å². The molecular weight excluding hydrogens is 358 g/mol. The number of hydrogen-bond acceptors (Lipinski definition) is 4. The Hall–Kier alpha value is -1.85. The zero-order chi connectivity index (χ0) is 20.4. The summed E-state index contributed by atoms with van der Waals surface area (Å²) < 4.78 is 17.6. The number of hydrogen-bond donors (Lipinski definition) is 0. The summed E-state index contributed by atoms with van der Waals surface area (Å²) in [7, 11) is 0. The number of allylic oxidation sites excluding steroid dienone is 4. The normalized spacial score (nSPS) is 18.3. The predicted octanol–water partition coefficient (Wildman–Crippen LogP) is 5.35. The zero-order valence-corrected chi connectivity index (χ0v) is 18.1. The van der Waals surface area contributed by atoms with E-state index in [-0.39, 0.29) is 16.6 Å². The van der Waals surface area contributed by atoms with Crippen molar-refractivity contribution in [1.29, 1.82) is 0 Å². The van der Waals surface area contributed by atoms with Crippen LogP contribution in [0.4, 0.5) is 5.69 Å². The van der Waals surface area contributed by atoms with Crippen LogP contribution in [0.3, 0.4) is 0 Å². The maximum absolute atomic E-state index is 13.1. The zero-order valence-electron chi connectivity index (χ0n) is 17.3. The van der Waals surface area contributed by atoms with E-state index in [9.17, 15) is 9.00 Å². The molecule has 0 saturated carbocycles. The smallest absolute Gasteiger partial charge is 0.207 e. The minimum atomic E-state index is -1.62. The summed E-state index contributed by atoms with van der Waals surface area (Å²) in [6.45, 7) is 14.5. The van der Waals surface area contributed by atoms with Gasteiger partial charge in [0.25, 0.3) is 0 Å². The molecule has 0 N–H and O–H groups in total. The number of carbonyl (C=O) groups excluding carboxylic acids is 1. The van der Waals surface area contributed by atoms with E-state index in [1.165, 1.54) is 0 Å². The van der Waals surface area contributed by atoms with E-state index in [0.29, 0.717) is 22.9 Å². The van der Waals surface area contributed by atoms with Crippen molar-refractivity contribution in [1.82, 2.24) is 0 Å². The largest absolute Gasteiger partial charge is 0.287 e. The van der Waals surface area contributed by atoms with Crippen LogP contribution in [0.15, 0.2) is 57.5 Å². The Morgan fingerprint density at radius 3 is 2.19 bits per heavy atom. The van der Waals surface area contributed by atoms with Gasteiger partial charge in [-0.15, -0.1) is 0 Å². The Morgan fingerprint density at radius 2 is 1.63 bits per heavy atom. The quantitative estimate of drug-likeness (QED) is 0.655. The van der Waals surface area contributed by atoms with Gasteiger partial charge in [0.1, 0.15) is 5.71 Å². The molecule has 27 heavy (non-hydrogen) atoms. The van der Waals surface area contributed by atoms with Gasteiger partial charge < -0.3 is 0 Å². The minimum absolute atomic E-state index is 0.0903. The van der Waals surface area contributed by atoms with Crippen molar-refractivity contribution in [2.75, 3.05) is 6.61 Å². The molecule has 0 heterocycles. The third-order valence-corrected chi connectivity index (χ3v) is 5.41. The second kappa shape index (κ2) is 8.03. The van der Waals surface area contributed by atoms with Crippen LogP contribution in [0, 0.1) is 10.8 Å². The number of ketones is 1. The highest BCUT2D eigenvalue weighted by Crippen LogP contribution is 2.37. The van der Waals surface area contributed by atoms with Crippen molar-refractivity contribution in [3.63, 3.8) is 0 Å². The van der Waals surface area contributed by atoms with Crippen LogP contribution in [0.25, 0.3) is 0 Å². The number of rotatable bonds is 4. The van der Waals surface area contributed by atoms with Crippen LogP contribution in [0.1, 0.15) is 48.5 Å². The second-order valence-electron chi connectivity index (χ2n) is 8.59. The molecule has 5 heteroatoms. The van der Waals surface area contributed by atoms with Crippen molar-refractivity contribution in [2.45, 2.75) is 53.4 Å². The van der Waals surface area contributed by atoms with Gasteiger partial charge in [-0.25, -0.2) is 9.20 Å². The number of para-hydroxylation sites is 1. The van der Waals surface area contributed by atoms with E-state index in [1.807, 2.05) is 39.0 Å². The molecule has 0 bridgehead atoms. The number of benzene rings is 1. The lowest BCUT2D eigenvalue weighted by Crippen LogP contribution is -2.29. The number of Topliss-reactive ketones (excluding diaryl/α,β-unsaturated/α-hetero) is 1. The first-order valence-electron chi connectivity index (χ1n) is 9.17. The van der Waals surface area contributed by atoms with E-state index in [2.05, 4.69) is 25.8 Å². The van der Waals surface area contributed by atoms with Gasteiger partial charge in [-0.3, -0.25) is 8.98 Å². The van der Waals surface area contributed by atoms with Crippen LogP contribution >= 0.6 is 0 Å². The van der Waals surface area contributed by atoms with Crippen molar-refractivity contribution >= 4 is 28.3 Å². The van der Waals surface area contributed by atoms with Crippen LogP contribution in [0.2, 0.25) is 0 Å². The fourth-order valence-corrected chi connectivity index (χ4v) is 3.49. The summed E-state index contributed by atoms with van der Waals surface area (Å²) in [6, 6.07) is 7.07. The average Bonchev–Trinajstić information content (AvgIpc) is 2.55. The Morgan fingerprint density at radius 1 is 1.00 bits per heavy atom. The number of carbonyl (C=O) groups is 1. The molecule has 0 radical (unpaired) electrons. The van der Waals surface area contributed by atoms with E-state index in [4.69, 9.17) is 4.18 Å². The molecule has 0 fully saturated rings. The van der Waals surface area contributed by atoms with Crippen LogP contribution in [-0.2, 0) is 20.1 Å². The lowest BCUT2D eigenvalue weighted by Gasteiger charge is -2.30. The summed E-state index contributed by atoms with van der Waals surface area (Å²) in [6.07, 6.45) is 3.84. The van der Waals surface area contributed by atoms with Crippen LogP contribution in [-0.4, -0.2) is 22.3 Å². The van der Waals surface area contributed by atoms with E-state index < -0.39 is 11.1 Å². The van der Waals surface area contributed by atoms with Crippen molar-refractivity contribution in [2.24, 2.45) is 15.8 Å². The molecule has 2 rings (SSSR count). The van der Waals surface area contributed by atoms with Crippen molar-refractivity contribution in [3.05, 3.63) is 47.6 Å². The van der Waals surface area contributed by atoms with Crippen LogP contribution < -0.4 is 0 Å². The highest BCUT2D eigenvalue weighted by Gasteiger charge is 2.32. The molecule has 1 aliphatic carbocycles. The first-order chi connectivity index (χ1) is 12.4. The molecule has 1 aromatic carbocycles. The summed E-state index contributed by atoms with van der Waals surface area (Å²) >= 11 is -1.62. The highest BCUT2D eigenvalue weighted by atomic mass is 32.2. The minimum Gasteiger partial charge on any atom is -0.287 e. The highest BCUT2D eigenvalue weighted by molar-refractivity contribution is 7.80. The lowest BCUT2D eigenvalue weighted by molar-refractivity contribution is -0.110. The van der Waals surface area contributed by atoms with E-state index in [0.717, 1.165) is 11.1 Å². The first kappa shape index (κ1) is 21.5. The van der Waals surface area contributed by atoms with E-state index in [1.54, 1.807) is 25.1 Å². The molecule has 146 valence electrons. The van der Waals surface area contributed by atoms with Gasteiger partial charge in [0.2, 0.25) is 5.78 Å². The lowest BCUT2D eigenvalue weighted by atomic mass is 9.74. The molecule has 0 saturated heterocycles. The Bertz CT molecular complexity index is 849. The van der Waals surface area contributed by atoms with E-state index >= 15 is 0 Å². The standard InChI is InChI=1S/C22H29NO3S/c1-8-26-27(25)19-12-10-9-11-17(19)23-18-14-15(21(2,3)4)13-16(20(18)24)22(5,6)7/h9-14H,8H2,1-7H3. The predicted molar refractivity (Wildman–Crippen MR) is 112 cm³/mol. The fraction of sp³-hybridized carbons (Fsp3) is 0.455. The van der Waals surface area contributed by atoms with Crippen LogP contribution in [0.5, 0.6) is 0 Å². The summed E-state index contributed by atoms with van der Waals surface area (Å²) in [5.74, 6) is -0.0903. The Kier molecular flexibility index (Phi) is 6.38. The monoisotopic (exact) mass is 387 g/mol. The van der Waals surface area contributed by atoms with Gasteiger partial charge in [0.15, 0.2) is 11.1 Å². The second-order valence-corrected chi connectivity index (χ2v) is 9.74. The van der Waals surface area contributed by atoms with Crippen molar-refractivity contribution < 1.29 is 13.2 Å². The van der Waals surface area contributed by atoms with Gasteiger partial charge in [-0.05, 0) is 41.5 Å². The molecule has 4 nitrogen and oxygen atoms in total. The molecule has 1 unspecified atom stereocenters. The topological polar surface area (TPSA) is 55.7 Å². The Balaban J connectivity index is 2.61. The van der Waals surface area contributed by atoms with Gasteiger partial charge in [-0.2, -0.15) is 0 Å². The molecule has 0 spiro atoms. The third kappa shape index (κ3) is 5.11. The molecule has 1 aliphatic rings.